The van der Waals surface area contributed by atoms with E-state index in [2.05, 4.69) is 0 Å². The van der Waals surface area contributed by atoms with E-state index in [4.69, 9.17) is 0 Å². The summed E-state index contributed by atoms with van der Waals surface area (Å²) in [5.74, 6) is 0. The van der Waals surface area contributed by atoms with Gasteiger partial charge in [-0.15, -0.1) is 0 Å². The second kappa shape index (κ2) is 4.94. The molecule has 0 spiro atoms. The lowest BCUT2D eigenvalue weighted by atomic mass is 10.4. The van der Waals surface area contributed by atoms with Crippen LogP contribution in [-0.4, -0.2) is 14.7 Å². The third kappa shape index (κ3) is 3.35. The SMILES string of the molecule is CS(=O)(=O)c1cccc(Sc2ccccc2)c1. The highest BCUT2D eigenvalue weighted by Gasteiger charge is 2.07. The molecule has 0 saturated carbocycles. The topological polar surface area (TPSA) is 34.1 Å². The molecule has 0 N–H and O–H groups in total. The molecule has 2 rings (SSSR count). The lowest BCUT2D eigenvalue weighted by Gasteiger charge is -2.03. The van der Waals surface area contributed by atoms with E-state index in [0.717, 1.165) is 9.79 Å². The Labute approximate surface area is 106 Å². The van der Waals surface area contributed by atoms with Crippen LogP contribution in [0.15, 0.2) is 69.3 Å². The average Bonchev–Trinajstić information content (AvgIpc) is 2.29. The fourth-order valence-electron chi connectivity index (χ4n) is 1.39. The van der Waals surface area contributed by atoms with Gasteiger partial charge in [0.25, 0.3) is 0 Å². The van der Waals surface area contributed by atoms with Crippen molar-refractivity contribution in [3.8, 4) is 0 Å². The largest absolute Gasteiger partial charge is 0.224 e. The molecule has 0 aliphatic heterocycles. The minimum atomic E-state index is -3.13. The van der Waals surface area contributed by atoms with Crippen LogP contribution in [0.5, 0.6) is 0 Å². The molecule has 2 aromatic carbocycles. The molecule has 0 saturated heterocycles. The highest BCUT2D eigenvalue weighted by atomic mass is 32.2. The molecule has 0 heterocycles. The summed E-state index contributed by atoms with van der Waals surface area (Å²) in [7, 11) is -3.13. The van der Waals surface area contributed by atoms with Gasteiger partial charge in [0.15, 0.2) is 9.84 Å². The summed E-state index contributed by atoms with van der Waals surface area (Å²) in [6, 6.07) is 16.9. The zero-order chi connectivity index (χ0) is 12.3. The van der Waals surface area contributed by atoms with Gasteiger partial charge in [0, 0.05) is 16.0 Å². The van der Waals surface area contributed by atoms with Crippen LogP contribution in [0.4, 0.5) is 0 Å². The van der Waals surface area contributed by atoms with Gasteiger partial charge in [-0.2, -0.15) is 0 Å². The van der Waals surface area contributed by atoms with Crippen molar-refractivity contribution in [3.05, 3.63) is 54.6 Å². The molecule has 0 aromatic heterocycles. The molecule has 0 unspecified atom stereocenters. The Bertz CT molecular complexity index is 604. The summed E-state index contributed by atoms with van der Waals surface area (Å²) >= 11 is 1.55. The maximum atomic E-state index is 11.4. The van der Waals surface area contributed by atoms with E-state index in [9.17, 15) is 8.42 Å². The predicted molar refractivity (Wildman–Crippen MR) is 70.1 cm³/mol. The number of benzene rings is 2. The van der Waals surface area contributed by atoms with Crippen LogP contribution in [0.2, 0.25) is 0 Å². The van der Waals surface area contributed by atoms with Crippen molar-refractivity contribution in [2.75, 3.05) is 6.26 Å². The maximum absolute atomic E-state index is 11.4. The maximum Gasteiger partial charge on any atom is 0.175 e. The Balaban J connectivity index is 2.29. The van der Waals surface area contributed by atoms with Crippen molar-refractivity contribution in [3.63, 3.8) is 0 Å². The van der Waals surface area contributed by atoms with E-state index in [1.165, 1.54) is 6.26 Å². The summed E-state index contributed by atoms with van der Waals surface area (Å²) in [4.78, 5) is 2.38. The molecule has 0 atom stereocenters. The molecule has 0 aliphatic carbocycles. The first-order chi connectivity index (χ1) is 8.05. The molecule has 17 heavy (non-hydrogen) atoms. The van der Waals surface area contributed by atoms with Gasteiger partial charge in [-0.25, -0.2) is 8.42 Å². The second-order valence-corrected chi connectivity index (χ2v) is 6.82. The van der Waals surface area contributed by atoms with Crippen LogP contribution in [0.1, 0.15) is 0 Å². The minimum absolute atomic E-state index is 0.360. The smallest absolute Gasteiger partial charge is 0.175 e. The fraction of sp³-hybridized carbons (Fsp3) is 0.0769. The highest BCUT2D eigenvalue weighted by Crippen LogP contribution is 2.28. The second-order valence-electron chi connectivity index (χ2n) is 3.66. The van der Waals surface area contributed by atoms with Gasteiger partial charge >= 0.3 is 0 Å². The van der Waals surface area contributed by atoms with Gasteiger partial charge < -0.3 is 0 Å². The van der Waals surface area contributed by atoms with Crippen molar-refractivity contribution >= 4 is 21.6 Å². The summed E-state index contributed by atoms with van der Waals surface area (Å²) in [5, 5.41) is 0. The third-order valence-electron chi connectivity index (χ3n) is 2.21. The van der Waals surface area contributed by atoms with Gasteiger partial charge in [0.1, 0.15) is 0 Å². The highest BCUT2D eigenvalue weighted by molar-refractivity contribution is 7.99. The normalized spacial score (nSPS) is 11.4. The average molecular weight is 264 g/mol. The molecule has 2 aromatic rings. The van der Waals surface area contributed by atoms with Crippen molar-refractivity contribution in [2.24, 2.45) is 0 Å². The first-order valence-corrected chi connectivity index (χ1v) is 7.79. The monoisotopic (exact) mass is 264 g/mol. The van der Waals surface area contributed by atoms with E-state index in [1.54, 1.807) is 30.0 Å². The Hall–Kier alpha value is -1.26. The van der Waals surface area contributed by atoms with Gasteiger partial charge in [-0.3, -0.25) is 0 Å². The number of rotatable bonds is 3. The minimum Gasteiger partial charge on any atom is -0.224 e. The van der Waals surface area contributed by atoms with Gasteiger partial charge in [0.05, 0.1) is 4.90 Å². The Morgan fingerprint density at radius 1 is 0.882 bits per heavy atom. The van der Waals surface area contributed by atoms with Crippen LogP contribution in [-0.2, 0) is 9.84 Å². The van der Waals surface area contributed by atoms with E-state index in [1.807, 2.05) is 36.4 Å². The third-order valence-corrected chi connectivity index (χ3v) is 4.32. The standard InChI is InChI=1S/C13H12O2S2/c1-17(14,15)13-9-5-8-12(10-13)16-11-6-3-2-4-7-11/h2-10H,1H3. The number of sulfone groups is 1. The van der Waals surface area contributed by atoms with Crippen LogP contribution < -0.4 is 0 Å². The van der Waals surface area contributed by atoms with Crippen molar-refractivity contribution < 1.29 is 8.42 Å². The molecule has 4 heteroatoms. The Morgan fingerprint density at radius 3 is 2.18 bits per heavy atom. The molecule has 0 fully saturated rings. The fourth-order valence-corrected chi connectivity index (χ4v) is 3.03. The van der Waals surface area contributed by atoms with Crippen molar-refractivity contribution in [1.82, 2.24) is 0 Å². The number of hydrogen-bond acceptors (Lipinski definition) is 3. The quantitative estimate of drug-likeness (QED) is 0.853. The molecule has 88 valence electrons. The van der Waals surface area contributed by atoms with E-state index < -0.39 is 9.84 Å². The Morgan fingerprint density at radius 2 is 1.53 bits per heavy atom. The lowest BCUT2D eigenvalue weighted by Crippen LogP contribution is -1.96. The molecule has 0 aliphatic rings. The Kier molecular flexibility index (Phi) is 3.54. The first kappa shape index (κ1) is 12.2. The zero-order valence-electron chi connectivity index (χ0n) is 9.33. The van der Waals surface area contributed by atoms with Gasteiger partial charge in [0.2, 0.25) is 0 Å². The van der Waals surface area contributed by atoms with E-state index >= 15 is 0 Å². The van der Waals surface area contributed by atoms with E-state index in [-0.39, 0.29) is 0 Å². The van der Waals surface area contributed by atoms with Crippen LogP contribution in [0.3, 0.4) is 0 Å². The summed E-state index contributed by atoms with van der Waals surface area (Å²) in [6.45, 7) is 0. The van der Waals surface area contributed by atoms with Crippen molar-refractivity contribution in [1.29, 1.82) is 0 Å². The van der Waals surface area contributed by atoms with Gasteiger partial charge in [-0.1, -0.05) is 36.0 Å². The van der Waals surface area contributed by atoms with Crippen LogP contribution in [0.25, 0.3) is 0 Å². The summed E-state index contributed by atoms with van der Waals surface area (Å²) in [6.07, 6.45) is 1.22. The molecular formula is C13H12O2S2. The summed E-state index contributed by atoms with van der Waals surface area (Å²) < 4.78 is 22.9. The van der Waals surface area contributed by atoms with Crippen LogP contribution in [0, 0.1) is 0 Å². The molecule has 0 amide bonds. The zero-order valence-corrected chi connectivity index (χ0v) is 11.0. The molecule has 2 nitrogen and oxygen atoms in total. The molecule has 0 bridgehead atoms. The lowest BCUT2D eigenvalue weighted by molar-refractivity contribution is 0.601. The number of hydrogen-bond donors (Lipinski definition) is 0. The molecule has 0 radical (unpaired) electrons. The first-order valence-electron chi connectivity index (χ1n) is 5.09. The van der Waals surface area contributed by atoms with Crippen molar-refractivity contribution in [2.45, 2.75) is 14.7 Å². The van der Waals surface area contributed by atoms with Gasteiger partial charge in [-0.05, 0) is 30.3 Å². The van der Waals surface area contributed by atoms with Crippen LogP contribution >= 0.6 is 11.8 Å². The summed E-state index contributed by atoms with van der Waals surface area (Å²) in [5.41, 5.74) is 0. The van der Waals surface area contributed by atoms with E-state index in [0.29, 0.717) is 4.90 Å². The molecular weight excluding hydrogens is 252 g/mol. The predicted octanol–water partition coefficient (Wildman–Crippen LogP) is 3.24.